The van der Waals surface area contributed by atoms with Gasteiger partial charge in [-0.1, -0.05) is 52.2 Å². The largest absolute Gasteiger partial charge is 0.374 e. The maximum Gasteiger partial charge on any atom is 0.0752 e. The number of hydrogen-bond donors (Lipinski definition) is 0. The van der Waals surface area contributed by atoms with Crippen molar-refractivity contribution in [3.8, 4) is 0 Å². The van der Waals surface area contributed by atoms with Crippen molar-refractivity contribution in [3.63, 3.8) is 0 Å². The van der Waals surface area contributed by atoms with E-state index >= 15 is 0 Å². The third-order valence-electron chi connectivity index (χ3n) is 4.31. The van der Waals surface area contributed by atoms with E-state index in [1.807, 2.05) is 0 Å². The molecule has 1 heterocycles. The van der Waals surface area contributed by atoms with Gasteiger partial charge in [0.05, 0.1) is 12.2 Å². The molecule has 2 aliphatic rings. The number of hydrogen-bond acceptors (Lipinski definition) is 1. The van der Waals surface area contributed by atoms with Crippen molar-refractivity contribution in [2.24, 2.45) is 11.3 Å². The van der Waals surface area contributed by atoms with Gasteiger partial charge < -0.3 is 4.74 Å². The molecule has 0 aromatic carbocycles. The lowest BCUT2D eigenvalue weighted by atomic mass is 9.61. The first-order chi connectivity index (χ1) is 7.46. The van der Waals surface area contributed by atoms with Crippen molar-refractivity contribution < 1.29 is 4.74 Å². The van der Waals surface area contributed by atoms with Crippen LogP contribution < -0.4 is 0 Å². The van der Waals surface area contributed by atoms with E-state index < -0.39 is 0 Å². The molecule has 1 spiro atoms. The van der Waals surface area contributed by atoms with Crippen molar-refractivity contribution in [1.82, 2.24) is 0 Å². The lowest BCUT2D eigenvalue weighted by Gasteiger charge is -2.52. The SMILES string of the molecule is C=C1CCOC2(CCCCC2)C1C(C)(C)C. The highest BCUT2D eigenvalue weighted by Crippen LogP contribution is 2.51. The number of rotatable bonds is 0. The van der Waals surface area contributed by atoms with Gasteiger partial charge in [-0.25, -0.2) is 0 Å². The van der Waals surface area contributed by atoms with Gasteiger partial charge >= 0.3 is 0 Å². The zero-order chi connectivity index (χ0) is 11.8. The standard InChI is InChI=1S/C15H26O/c1-12-8-11-16-15(9-6-5-7-10-15)13(12)14(2,3)4/h13H,1,5-11H2,2-4H3. The Balaban J connectivity index is 2.29. The van der Waals surface area contributed by atoms with Crippen molar-refractivity contribution >= 4 is 0 Å². The van der Waals surface area contributed by atoms with Gasteiger partial charge in [-0.15, -0.1) is 0 Å². The van der Waals surface area contributed by atoms with Crippen molar-refractivity contribution in [2.75, 3.05) is 6.61 Å². The van der Waals surface area contributed by atoms with E-state index in [0.29, 0.717) is 5.92 Å². The molecule has 1 saturated carbocycles. The van der Waals surface area contributed by atoms with Crippen LogP contribution in [0.3, 0.4) is 0 Å². The molecule has 1 heteroatoms. The van der Waals surface area contributed by atoms with Gasteiger partial charge in [0, 0.05) is 5.92 Å². The fraction of sp³-hybridized carbons (Fsp3) is 0.867. The van der Waals surface area contributed by atoms with Gasteiger partial charge in [0.1, 0.15) is 0 Å². The molecular weight excluding hydrogens is 196 g/mol. The Morgan fingerprint density at radius 2 is 1.81 bits per heavy atom. The number of ether oxygens (including phenoxy) is 1. The first-order valence-corrected chi connectivity index (χ1v) is 6.77. The van der Waals surface area contributed by atoms with Crippen LogP contribution in [0.2, 0.25) is 0 Å². The minimum atomic E-state index is 0.131. The Bertz CT molecular complexity index is 260. The van der Waals surface area contributed by atoms with Gasteiger partial charge in [-0.05, 0) is 24.7 Å². The molecule has 1 atom stereocenters. The molecule has 2 rings (SSSR count). The Kier molecular flexibility index (Phi) is 3.18. The zero-order valence-electron chi connectivity index (χ0n) is 11.1. The maximum atomic E-state index is 6.26. The molecule has 1 nitrogen and oxygen atoms in total. The zero-order valence-corrected chi connectivity index (χ0v) is 11.1. The first kappa shape index (κ1) is 12.2. The second kappa shape index (κ2) is 4.18. The average molecular weight is 222 g/mol. The molecule has 92 valence electrons. The molecule has 16 heavy (non-hydrogen) atoms. The lowest BCUT2D eigenvalue weighted by molar-refractivity contribution is -0.143. The molecule has 0 aromatic heterocycles. The molecule has 0 radical (unpaired) electrons. The van der Waals surface area contributed by atoms with E-state index in [4.69, 9.17) is 4.74 Å². The summed E-state index contributed by atoms with van der Waals surface area (Å²) in [5.41, 5.74) is 1.85. The minimum absolute atomic E-state index is 0.131. The highest BCUT2D eigenvalue weighted by molar-refractivity contribution is 5.16. The third kappa shape index (κ3) is 2.07. The summed E-state index contributed by atoms with van der Waals surface area (Å²) in [6.07, 6.45) is 7.60. The molecule has 1 aliphatic heterocycles. The van der Waals surface area contributed by atoms with Crippen LogP contribution in [0.15, 0.2) is 12.2 Å². The van der Waals surface area contributed by atoms with Crippen LogP contribution >= 0.6 is 0 Å². The Morgan fingerprint density at radius 1 is 1.19 bits per heavy atom. The predicted molar refractivity (Wildman–Crippen MR) is 68.5 cm³/mol. The van der Waals surface area contributed by atoms with Gasteiger partial charge in [0.15, 0.2) is 0 Å². The molecule has 1 unspecified atom stereocenters. The van der Waals surface area contributed by atoms with Crippen LogP contribution in [0.1, 0.15) is 59.3 Å². The summed E-state index contributed by atoms with van der Waals surface area (Å²) in [7, 11) is 0. The second-order valence-corrected chi connectivity index (χ2v) is 6.68. The predicted octanol–water partition coefficient (Wildman–Crippen LogP) is 4.33. The molecule has 0 amide bonds. The van der Waals surface area contributed by atoms with Crippen LogP contribution in [-0.4, -0.2) is 12.2 Å². The summed E-state index contributed by atoms with van der Waals surface area (Å²) < 4.78 is 6.26. The van der Waals surface area contributed by atoms with Crippen molar-refractivity contribution in [3.05, 3.63) is 12.2 Å². The Hall–Kier alpha value is -0.300. The van der Waals surface area contributed by atoms with Crippen LogP contribution in [0.5, 0.6) is 0 Å². The van der Waals surface area contributed by atoms with E-state index in [-0.39, 0.29) is 11.0 Å². The Labute approximate surface area is 100 Å². The van der Waals surface area contributed by atoms with Gasteiger partial charge in [-0.2, -0.15) is 0 Å². The maximum absolute atomic E-state index is 6.26. The summed E-state index contributed by atoms with van der Waals surface area (Å²) >= 11 is 0. The molecular formula is C15H26O. The molecule has 0 N–H and O–H groups in total. The monoisotopic (exact) mass is 222 g/mol. The lowest BCUT2D eigenvalue weighted by Crippen LogP contribution is -2.51. The molecule has 0 bridgehead atoms. The van der Waals surface area contributed by atoms with Crippen molar-refractivity contribution in [2.45, 2.75) is 64.9 Å². The van der Waals surface area contributed by atoms with E-state index in [9.17, 15) is 0 Å². The fourth-order valence-electron chi connectivity index (χ4n) is 3.97. The molecule has 2 fully saturated rings. The summed E-state index contributed by atoms with van der Waals surface area (Å²) in [4.78, 5) is 0. The fourth-order valence-corrected chi connectivity index (χ4v) is 3.97. The van der Waals surface area contributed by atoms with Crippen LogP contribution in [0.25, 0.3) is 0 Å². The normalized spacial score (nSPS) is 30.7. The topological polar surface area (TPSA) is 9.23 Å². The summed E-state index contributed by atoms with van der Waals surface area (Å²) in [5, 5.41) is 0. The highest BCUT2D eigenvalue weighted by Gasteiger charge is 2.49. The summed E-state index contributed by atoms with van der Waals surface area (Å²) in [6, 6.07) is 0. The second-order valence-electron chi connectivity index (χ2n) is 6.68. The molecule has 0 aromatic rings. The van der Waals surface area contributed by atoms with Crippen LogP contribution in [-0.2, 0) is 4.74 Å². The Morgan fingerprint density at radius 3 is 2.38 bits per heavy atom. The smallest absolute Gasteiger partial charge is 0.0752 e. The molecule has 1 saturated heterocycles. The molecule has 1 aliphatic carbocycles. The van der Waals surface area contributed by atoms with Crippen LogP contribution in [0.4, 0.5) is 0 Å². The average Bonchev–Trinajstić information content (AvgIpc) is 2.16. The van der Waals surface area contributed by atoms with Gasteiger partial charge in [0.2, 0.25) is 0 Å². The minimum Gasteiger partial charge on any atom is -0.374 e. The summed E-state index contributed by atoms with van der Waals surface area (Å²) in [5.74, 6) is 0.550. The quantitative estimate of drug-likeness (QED) is 0.554. The van der Waals surface area contributed by atoms with E-state index in [0.717, 1.165) is 13.0 Å². The van der Waals surface area contributed by atoms with Gasteiger partial charge in [-0.3, -0.25) is 0 Å². The first-order valence-electron chi connectivity index (χ1n) is 6.77. The van der Waals surface area contributed by atoms with Crippen LogP contribution in [0, 0.1) is 11.3 Å². The third-order valence-corrected chi connectivity index (χ3v) is 4.31. The summed E-state index contributed by atoms with van der Waals surface area (Å²) in [6.45, 7) is 12.2. The van der Waals surface area contributed by atoms with E-state index in [1.165, 1.54) is 37.7 Å². The van der Waals surface area contributed by atoms with Crippen molar-refractivity contribution in [1.29, 1.82) is 0 Å². The van der Waals surface area contributed by atoms with Gasteiger partial charge in [0.25, 0.3) is 0 Å². The highest BCUT2D eigenvalue weighted by atomic mass is 16.5. The van der Waals surface area contributed by atoms with E-state index in [1.54, 1.807) is 0 Å². The van der Waals surface area contributed by atoms with E-state index in [2.05, 4.69) is 27.4 Å².